The Bertz CT molecular complexity index is 166. The van der Waals surface area contributed by atoms with Crippen LogP contribution in [0.2, 0.25) is 0 Å². The van der Waals surface area contributed by atoms with E-state index in [0.29, 0.717) is 0 Å². The first-order valence-electron chi connectivity index (χ1n) is 4.78. The maximum Gasteiger partial charge on any atom is 0.322 e. The number of hydrogen-bond acceptors (Lipinski definition) is 1. The summed E-state index contributed by atoms with van der Waals surface area (Å²) in [5, 5.41) is 7.97. The molecule has 13 heavy (non-hydrogen) atoms. The third-order valence-corrected chi connectivity index (χ3v) is 3.11. The van der Waals surface area contributed by atoms with Crippen LogP contribution >= 0.6 is 11.6 Å². The first-order valence-corrected chi connectivity index (χ1v) is 5.22. The van der Waals surface area contributed by atoms with Gasteiger partial charge in [0.05, 0.1) is 0 Å². The maximum absolute atomic E-state index is 10.6. The fraction of sp³-hybridized carbons (Fsp3) is 0.900. The molecule has 0 amide bonds. The molecule has 0 aromatic carbocycles. The van der Waals surface area contributed by atoms with E-state index in [0.717, 1.165) is 25.7 Å². The number of rotatable bonds is 6. The second-order valence-corrected chi connectivity index (χ2v) is 4.58. The summed E-state index contributed by atoms with van der Waals surface area (Å²) in [5.41, 5.74) is -0.303. The molecule has 0 aromatic rings. The molecule has 0 saturated carbocycles. The molecule has 0 aliphatic carbocycles. The van der Waals surface area contributed by atoms with Crippen molar-refractivity contribution in [3.8, 4) is 0 Å². The van der Waals surface area contributed by atoms with Crippen molar-refractivity contribution in [1.82, 2.24) is 0 Å². The Morgan fingerprint density at radius 2 is 2.00 bits per heavy atom. The van der Waals surface area contributed by atoms with E-state index < -0.39 is 11.3 Å². The van der Waals surface area contributed by atoms with Gasteiger partial charge in [0.2, 0.25) is 0 Å². The predicted molar refractivity (Wildman–Crippen MR) is 55.2 cm³/mol. The van der Waals surface area contributed by atoms with Gasteiger partial charge in [0.15, 0.2) is 0 Å². The Morgan fingerprint density at radius 1 is 1.46 bits per heavy atom. The molecule has 2 nitrogen and oxygen atoms in total. The number of carbonyl (C=O) groups is 1. The lowest BCUT2D eigenvalue weighted by atomic mass is 9.83. The molecule has 0 spiro atoms. The van der Waals surface area contributed by atoms with E-state index in [1.165, 1.54) is 0 Å². The van der Waals surface area contributed by atoms with Crippen LogP contribution < -0.4 is 0 Å². The molecule has 0 saturated heterocycles. The molecule has 1 atom stereocenters. The van der Waals surface area contributed by atoms with E-state index in [-0.39, 0.29) is 5.41 Å². The number of aliphatic carboxylic acids is 1. The number of hydrogen-bond donors (Lipinski definition) is 1. The number of alkyl halides is 1. The van der Waals surface area contributed by atoms with Crippen molar-refractivity contribution >= 4 is 17.6 Å². The van der Waals surface area contributed by atoms with Gasteiger partial charge in [-0.15, -0.1) is 11.6 Å². The third-order valence-electron chi connectivity index (χ3n) is 2.33. The van der Waals surface area contributed by atoms with Gasteiger partial charge in [0.1, 0.15) is 5.38 Å². The van der Waals surface area contributed by atoms with E-state index in [1.54, 1.807) is 0 Å². The van der Waals surface area contributed by atoms with Crippen LogP contribution in [0.15, 0.2) is 0 Å². The largest absolute Gasteiger partial charge is 0.480 e. The van der Waals surface area contributed by atoms with E-state index in [2.05, 4.69) is 6.92 Å². The fourth-order valence-electron chi connectivity index (χ4n) is 1.29. The molecule has 3 heteroatoms. The summed E-state index contributed by atoms with van der Waals surface area (Å²) in [4.78, 5) is 10.6. The zero-order valence-electron chi connectivity index (χ0n) is 8.64. The molecule has 0 aliphatic heterocycles. The van der Waals surface area contributed by atoms with Gasteiger partial charge >= 0.3 is 5.97 Å². The quantitative estimate of drug-likeness (QED) is 0.535. The molecule has 78 valence electrons. The minimum Gasteiger partial charge on any atom is -0.480 e. The van der Waals surface area contributed by atoms with Crippen LogP contribution in [-0.2, 0) is 4.79 Å². The summed E-state index contributed by atoms with van der Waals surface area (Å²) in [7, 11) is 0. The third kappa shape index (κ3) is 4.51. The molecule has 0 rings (SSSR count). The minimum absolute atomic E-state index is 0.303. The highest BCUT2D eigenvalue weighted by Gasteiger charge is 2.32. The summed E-state index contributed by atoms with van der Waals surface area (Å²) in [6.45, 7) is 5.95. The topological polar surface area (TPSA) is 37.3 Å². The summed E-state index contributed by atoms with van der Waals surface area (Å²) in [6, 6.07) is 0. The average molecular weight is 207 g/mol. The normalized spacial score (nSPS) is 14.2. The first kappa shape index (κ1) is 12.8. The van der Waals surface area contributed by atoms with Gasteiger partial charge in [0, 0.05) is 0 Å². The highest BCUT2D eigenvalue weighted by atomic mass is 35.5. The summed E-state index contributed by atoms with van der Waals surface area (Å²) < 4.78 is 0. The monoisotopic (exact) mass is 206 g/mol. The zero-order valence-corrected chi connectivity index (χ0v) is 9.40. The smallest absolute Gasteiger partial charge is 0.322 e. The van der Waals surface area contributed by atoms with Crippen molar-refractivity contribution in [3.05, 3.63) is 0 Å². The highest BCUT2D eigenvalue weighted by molar-refractivity contribution is 6.30. The molecule has 0 heterocycles. The van der Waals surface area contributed by atoms with Crippen LogP contribution in [0.4, 0.5) is 0 Å². The van der Waals surface area contributed by atoms with E-state index in [4.69, 9.17) is 16.7 Å². The molecule has 0 radical (unpaired) electrons. The van der Waals surface area contributed by atoms with Crippen molar-refractivity contribution in [2.45, 2.75) is 51.8 Å². The van der Waals surface area contributed by atoms with E-state index in [9.17, 15) is 4.79 Å². The van der Waals surface area contributed by atoms with Crippen molar-refractivity contribution in [2.24, 2.45) is 5.41 Å². The van der Waals surface area contributed by atoms with Crippen LogP contribution in [0.3, 0.4) is 0 Å². The lowest BCUT2D eigenvalue weighted by Gasteiger charge is -2.26. The number of unbranched alkanes of at least 4 members (excludes halogenated alkanes) is 2. The minimum atomic E-state index is -0.914. The van der Waals surface area contributed by atoms with Crippen LogP contribution in [0, 0.1) is 5.41 Å². The zero-order chi connectivity index (χ0) is 10.5. The second-order valence-electron chi connectivity index (χ2n) is 4.15. The molecule has 1 N–H and O–H groups in total. The average Bonchev–Trinajstić information content (AvgIpc) is 2.03. The van der Waals surface area contributed by atoms with E-state index in [1.807, 2.05) is 13.8 Å². The maximum atomic E-state index is 10.6. The molecular formula is C10H19ClO2. The lowest BCUT2D eigenvalue weighted by Crippen LogP contribution is -2.31. The molecule has 1 unspecified atom stereocenters. The number of carboxylic acids is 1. The Morgan fingerprint density at radius 3 is 2.38 bits per heavy atom. The van der Waals surface area contributed by atoms with Crippen LogP contribution in [0.5, 0.6) is 0 Å². The van der Waals surface area contributed by atoms with Gasteiger partial charge in [-0.05, 0) is 11.8 Å². The Balaban J connectivity index is 3.98. The van der Waals surface area contributed by atoms with Crippen molar-refractivity contribution in [2.75, 3.05) is 0 Å². The summed E-state index contributed by atoms with van der Waals surface area (Å²) in [6.07, 6.45) is 4.23. The van der Waals surface area contributed by atoms with Gasteiger partial charge in [-0.3, -0.25) is 4.79 Å². The van der Waals surface area contributed by atoms with Crippen molar-refractivity contribution in [3.63, 3.8) is 0 Å². The summed E-state index contributed by atoms with van der Waals surface area (Å²) in [5.74, 6) is -0.914. The van der Waals surface area contributed by atoms with Crippen molar-refractivity contribution in [1.29, 1.82) is 0 Å². The molecule has 0 fully saturated rings. The first-order chi connectivity index (χ1) is 5.91. The molecule has 0 bridgehead atoms. The van der Waals surface area contributed by atoms with Gasteiger partial charge in [-0.2, -0.15) is 0 Å². The van der Waals surface area contributed by atoms with Crippen LogP contribution in [0.25, 0.3) is 0 Å². The fourth-order valence-corrected chi connectivity index (χ4v) is 1.40. The van der Waals surface area contributed by atoms with Gasteiger partial charge in [-0.1, -0.05) is 40.0 Å². The van der Waals surface area contributed by atoms with Gasteiger partial charge < -0.3 is 5.11 Å². The van der Waals surface area contributed by atoms with E-state index >= 15 is 0 Å². The Hall–Kier alpha value is -0.240. The van der Waals surface area contributed by atoms with Gasteiger partial charge in [-0.25, -0.2) is 0 Å². The standard InChI is InChI=1S/C10H19ClO2/c1-4-5-6-7-10(2,3)8(11)9(12)13/h8H,4-7H2,1-3H3,(H,12,13). The lowest BCUT2D eigenvalue weighted by molar-refractivity contribution is -0.138. The van der Waals surface area contributed by atoms with Gasteiger partial charge in [0.25, 0.3) is 0 Å². The second kappa shape index (κ2) is 5.48. The SMILES string of the molecule is CCCCCC(C)(C)C(Cl)C(=O)O. The highest BCUT2D eigenvalue weighted by Crippen LogP contribution is 2.31. The van der Waals surface area contributed by atoms with Crippen molar-refractivity contribution < 1.29 is 9.90 Å². The Labute approximate surface area is 85.3 Å². The number of carboxylic acid groups (broad SMARTS) is 1. The molecule has 0 aliphatic rings. The number of halogens is 1. The summed E-state index contributed by atoms with van der Waals surface area (Å²) >= 11 is 5.79. The molecular weight excluding hydrogens is 188 g/mol. The molecule has 0 aromatic heterocycles. The predicted octanol–water partition coefficient (Wildman–Crippen LogP) is 3.28. The van der Waals surface area contributed by atoms with Crippen LogP contribution in [-0.4, -0.2) is 16.5 Å². The Kier molecular flexibility index (Phi) is 5.38. The van der Waals surface area contributed by atoms with Crippen LogP contribution in [0.1, 0.15) is 46.5 Å².